The summed E-state index contributed by atoms with van der Waals surface area (Å²) in [6.45, 7) is 0. The highest BCUT2D eigenvalue weighted by atomic mass is 35.5. The topological polar surface area (TPSA) is 49.3 Å². The first kappa shape index (κ1) is 9.81. The fraction of sp³-hybridized carbons (Fsp3) is 0.875. The smallest absolute Gasteiger partial charge is 0.304 e. The average Bonchev–Trinajstić information content (AvgIpc) is 2.45. The number of aliphatic carboxylic acids is 1. The summed E-state index contributed by atoms with van der Waals surface area (Å²) < 4.78 is 0. The highest BCUT2D eigenvalue weighted by Gasteiger charge is 2.39. The molecule has 2 aliphatic rings. The quantitative estimate of drug-likeness (QED) is 0.686. The molecule has 1 aliphatic heterocycles. The van der Waals surface area contributed by atoms with Crippen LogP contribution in [0, 0.1) is 5.92 Å². The number of carboxylic acid groups (broad SMARTS) is 1. The molecule has 2 N–H and O–H groups in total. The molecule has 0 aromatic carbocycles. The second-order valence-corrected chi connectivity index (χ2v) is 3.64. The number of halogens is 1. The van der Waals surface area contributed by atoms with Crippen molar-refractivity contribution in [2.45, 2.75) is 37.8 Å². The molecular formula is C8H14ClNO2. The summed E-state index contributed by atoms with van der Waals surface area (Å²) in [7, 11) is 0. The largest absolute Gasteiger partial charge is 0.481 e. The molecule has 1 heterocycles. The number of hydrogen-bond acceptors (Lipinski definition) is 2. The molecule has 1 saturated heterocycles. The summed E-state index contributed by atoms with van der Waals surface area (Å²) in [5, 5.41) is 11.9. The summed E-state index contributed by atoms with van der Waals surface area (Å²) >= 11 is 0. The summed E-state index contributed by atoms with van der Waals surface area (Å²) in [5.74, 6) is -0.0221. The Kier molecular flexibility index (Phi) is 2.96. The van der Waals surface area contributed by atoms with E-state index in [4.69, 9.17) is 5.11 Å². The number of carbonyl (C=O) groups is 1. The van der Waals surface area contributed by atoms with Gasteiger partial charge in [-0.3, -0.25) is 4.79 Å². The Hall–Kier alpha value is -0.280. The second kappa shape index (κ2) is 3.62. The number of rotatable bonds is 2. The molecule has 2 rings (SSSR count). The Morgan fingerprint density at radius 1 is 1.50 bits per heavy atom. The van der Waals surface area contributed by atoms with Crippen molar-refractivity contribution in [1.82, 2.24) is 5.32 Å². The fourth-order valence-electron chi connectivity index (χ4n) is 2.39. The van der Waals surface area contributed by atoms with Crippen LogP contribution < -0.4 is 5.32 Å². The van der Waals surface area contributed by atoms with Gasteiger partial charge in [0, 0.05) is 12.1 Å². The van der Waals surface area contributed by atoms with Crippen molar-refractivity contribution in [2.24, 2.45) is 5.92 Å². The molecule has 2 fully saturated rings. The van der Waals surface area contributed by atoms with E-state index in [-0.39, 0.29) is 18.4 Å². The van der Waals surface area contributed by atoms with Crippen LogP contribution in [0.15, 0.2) is 0 Å². The monoisotopic (exact) mass is 191 g/mol. The lowest BCUT2D eigenvalue weighted by Gasteiger charge is -2.20. The lowest BCUT2D eigenvalue weighted by atomic mass is 9.97. The summed E-state index contributed by atoms with van der Waals surface area (Å²) in [6, 6.07) is 0.899. The van der Waals surface area contributed by atoms with Crippen molar-refractivity contribution in [3.8, 4) is 0 Å². The Balaban J connectivity index is 0.000000720. The van der Waals surface area contributed by atoms with Crippen LogP contribution in [0.4, 0.5) is 0 Å². The van der Waals surface area contributed by atoms with E-state index >= 15 is 0 Å². The Bertz CT molecular complexity index is 186. The number of nitrogens with one attached hydrogen (secondary N) is 1. The van der Waals surface area contributed by atoms with Crippen LogP contribution in [0.25, 0.3) is 0 Å². The van der Waals surface area contributed by atoms with E-state index < -0.39 is 5.97 Å². The van der Waals surface area contributed by atoms with Crippen LogP contribution in [0.1, 0.15) is 25.7 Å². The fourth-order valence-corrected chi connectivity index (χ4v) is 2.39. The van der Waals surface area contributed by atoms with Crippen LogP contribution in [0.3, 0.4) is 0 Å². The van der Waals surface area contributed by atoms with E-state index in [0.717, 1.165) is 0 Å². The zero-order valence-electron chi connectivity index (χ0n) is 6.82. The molecule has 0 amide bonds. The van der Waals surface area contributed by atoms with Crippen molar-refractivity contribution in [1.29, 1.82) is 0 Å². The SMILES string of the molecule is Cl.O=C(O)C[C@H]1N[C@@H]2CC[C@H]1C2. The van der Waals surface area contributed by atoms with Crippen LogP contribution in [-0.2, 0) is 4.79 Å². The highest BCUT2D eigenvalue weighted by molar-refractivity contribution is 5.85. The Morgan fingerprint density at radius 3 is 2.67 bits per heavy atom. The predicted molar refractivity (Wildman–Crippen MR) is 47.6 cm³/mol. The van der Waals surface area contributed by atoms with E-state index in [2.05, 4.69) is 5.32 Å². The van der Waals surface area contributed by atoms with Gasteiger partial charge in [-0.25, -0.2) is 0 Å². The summed E-state index contributed by atoms with van der Waals surface area (Å²) in [5.41, 5.74) is 0. The van der Waals surface area contributed by atoms with E-state index in [0.29, 0.717) is 18.4 Å². The average molecular weight is 192 g/mol. The van der Waals surface area contributed by atoms with Gasteiger partial charge in [0.2, 0.25) is 0 Å². The Labute approximate surface area is 77.9 Å². The molecular weight excluding hydrogens is 178 g/mol. The van der Waals surface area contributed by atoms with Gasteiger partial charge < -0.3 is 10.4 Å². The maximum atomic E-state index is 10.4. The molecule has 1 aliphatic carbocycles. The standard InChI is InChI=1S/C8H13NO2.ClH/c10-8(11)4-7-5-1-2-6(3-5)9-7;/h5-7,9H,1-4H2,(H,10,11);1H/t5-,6+,7+;/m0./s1. The van der Waals surface area contributed by atoms with E-state index in [1.807, 2.05) is 0 Å². The zero-order valence-corrected chi connectivity index (χ0v) is 7.64. The van der Waals surface area contributed by atoms with E-state index in [1.165, 1.54) is 19.3 Å². The van der Waals surface area contributed by atoms with Gasteiger partial charge in [-0.2, -0.15) is 0 Å². The molecule has 2 bridgehead atoms. The predicted octanol–water partition coefficient (Wildman–Crippen LogP) is 1.02. The summed E-state index contributed by atoms with van der Waals surface area (Å²) in [4.78, 5) is 10.4. The molecule has 0 aromatic heterocycles. The zero-order chi connectivity index (χ0) is 7.84. The first-order valence-electron chi connectivity index (χ1n) is 4.23. The van der Waals surface area contributed by atoms with Gasteiger partial charge in [0.1, 0.15) is 0 Å². The minimum Gasteiger partial charge on any atom is -0.481 e. The molecule has 0 aromatic rings. The third-order valence-corrected chi connectivity index (χ3v) is 2.89. The normalized spacial score (nSPS) is 37.8. The minimum absolute atomic E-state index is 0. The Morgan fingerprint density at radius 2 is 2.25 bits per heavy atom. The number of piperidine rings is 1. The van der Waals surface area contributed by atoms with Gasteiger partial charge >= 0.3 is 5.97 Å². The first-order valence-corrected chi connectivity index (χ1v) is 4.23. The van der Waals surface area contributed by atoms with Gasteiger partial charge in [-0.05, 0) is 25.2 Å². The van der Waals surface area contributed by atoms with Gasteiger partial charge in [0.05, 0.1) is 6.42 Å². The molecule has 4 heteroatoms. The number of carboxylic acids is 1. The number of hydrogen-bond donors (Lipinski definition) is 2. The van der Waals surface area contributed by atoms with Gasteiger partial charge in [0.25, 0.3) is 0 Å². The van der Waals surface area contributed by atoms with Crippen molar-refractivity contribution >= 4 is 18.4 Å². The molecule has 70 valence electrons. The maximum absolute atomic E-state index is 10.4. The molecule has 1 saturated carbocycles. The van der Waals surface area contributed by atoms with Gasteiger partial charge in [0.15, 0.2) is 0 Å². The molecule has 0 unspecified atom stereocenters. The highest BCUT2D eigenvalue weighted by Crippen LogP contribution is 2.36. The number of fused-ring (bicyclic) bond motifs is 2. The van der Waals surface area contributed by atoms with E-state index in [9.17, 15) is 4.79 Å². The van der Waals surface area contributed by atoms with Crippen molar-refractivity contribution < 1.29 is 9.90 Å². The van der Waals surface area contributed by atoms with Crippen molar-refractivity contribution in [3.63, 3.8) is 0 Å². The lowest BCUT2D eigenvalue weighted by Crippen LogP contribution is -2.36. The molecule has 0 spiro atoms. The van der Waals surface area contributed by atoms with Crippen LogP contribution >= 0.6 is 12.4 Å². The minimum atomic E-state index is -0.671. The van der Waals surface area contributed by atoms with Crippen LogP contribution in [0.2, 0.25) is 0 Å². The lowest BCUT2D eigenvalue weighted by molar-refractivity contribution is -0.137. The molecule has 0 radical (unpaired) electrons. The summed E-state index contributed by atoms with van der Waals surface area (Å²) in [6.07, 6.45) is 4.00. The van der Waals surface area contributed by atoms with Gasteiger partial charge in [-0.15, -0.1) is 12.4 Å². The third-order valence-electron chi connectivity index (χ3n) is 2.89. The van der Waals surface area contributed by atoms with Crippen LogP contribution in [0.5, 0.6) is 0 Å². The molecule has 3 atom stereocenters. The van der Waals surface area contributed by atoms with Crippen molar-refractivity contribution in [3.05, 3.63) is 0 Å². The van der Waals surface area contributed by atoms with Gasteiger partial charge in [-0.1, -0.05) is 0 Å². The molecule has 3 nitrogen and oxygen atoms in total. The molecule has 12 heavy (non-hydrogen) atoms. The third kappa shape index (κ3) is 1.72. The van der Waals surface area contributed by atoms with Crippen molar-refractivity contribution in [2.75, 3.05) is 0 Å². The van der Waals surface area contributed by atoms with E-state index in [1.54, 1.807) is 0 Å². The maximum Gasteiger partial charge on any atom is 0.304 e. The first-order chi connectivity index (χ1) is 5.25. The second-order valence-electron chi connectivity index (χ2n) is 3.64. The van der Waals surface area contributed by atoms with Crippen LogP contribution in [-0.4, -0.2) is 23.2 Å².